The van der Waals surface area contributed by atoms with Gasteiger partial charge in [0.2, 0.25) is 0 Å². The molecule has 1 aromatic carbocycles. The Balaban J connectivity index is 1.66. The second-order valence-electron chi connectivity index (χ2n) is 5.39. The molecule has 3 rings (SSSR count). The molecule has 2 atom stereocenters. The van der Waals surface area contributed by atoms with Crippen LogP contribution < -0.4 is 5.73 Å². The van der Waals surface area contributed by atoms with Crippen molar-refractivity contribution in [1.29, 1.82) is 0 Å². The Hall–Kier alpha value is -1.23. The monoisotopic (exact) mass is 288 g/mol. The minimum absolute atomic E-state index is 0.0942. The maximum absolute atomic E-state index is 6.29. The maximum Gasteiger partial charge on any atom is 0.0943 e. The van der Waals surface area contributed by atoms with Gasteiger partial charge in [-0.15, -0.1) is 11.3 Å². The van der Waals surface area contributed by atoms with Gasteiger partial charge in [-0.2, -0.15) is 0 Å². The summed E-state index contributed by atoms with van der Waals surface area (Å²) >= 11 is 1.69. The van der Waals surface area contributed by atoms with Gasteiger partial charge in [-0.3, -0.25) is 0 Å². The van der Waals surface area contributed by atoms with Gasteiger partial charge in [-0.05, 0) is 30.9 Å². The Morgan fingerprint density at radius 3 is 3.10 bits per heavy atom. The van der Waals surface area contributed by atoms with E-state index in [0.29, 0.717) is 0 Å². The Morgan fingerprint density at radius 1 is 1.45 bits per heavy atom. The Labute approximate surface area is 123 Å². The highest BCUT2D eigenvalue weighted by Gasteiger charge is 2.23. The van der Waals surface area contributed by atoms with Gasteiger partial charge in [-0.1, -0.05) is 24.3 Å². The van der Waals surface area contributed by atoms with Crippen LogP contribution in [0, 0.1) is 6.92 Å². The van der Waals surface area contributed by atoms with Gasteiger partial charge in [0, 0.05) is 23.5 Å². The van der Waals surface area contributed by atoms with E-state index in [1.807, 2.05) is 6.92 Å². The predicted molar refractivity (Wildman–Crippen MR) is 82.0 cm³/mol. The van der Waals surface area contributed by atoms with E-state index < -0.39 is 0 Å². The summed E-state index contributed by atoms with van der Waals surface area (Å²) < 4.78 is 5.92. The van der Waals surface area contributed by atoms with Crippen LogP contribution in [0.4, 0.5) is 0 Å². The molecule has 0 fully saturated rings. The van der Waals surface area contributed by atoms with Crippen LogP contribution in [0.15, 0.2) is 29.6 Å². The molecule has 1 aliphatic rings. The van der Waals surface area contributed by atoms with Crippen LogP contribution in [-0.4, -0.2) is 17.6 Å². The summed E-state index contributed by atoms with van der Waals surface area (Å²) in [5.74, 6) is 0. The molecule has 2 unspecified atom stereocenters. The number of hydrogen-bond acceptors (Lipinski definition) is 4. The fourth-order valence-electron chi connectivity index (χ4n) is 2.75. The van der Waals surface area contributed by atoms with Crippen LogP contribution in [0.5, 0.6) is 0 Å². The fraction of sp³-hybridized carbons (Fsp3) is 0.438. The van der Waals surface area contributed by atoms with E-state index in [2.05, 4.69) is 34.6 Å². The summed E-state index contributed by atoms with van der Waals surface area (Å²) in [4.78, 5) is 4.49. The third-order valence-electron chi connectivity index (χ3n) is 3.71. The first-order chi connectivity index (χ1) is 9.72. The van der Waals surface area contributed by atoms with E-state index in [1.54, 1.807) is 11.3 Å². The number of aromatic nitrogens is 1. The minimum Gasteiger partial charge on any atom is -0.373 e. The number of benzene rings is 1. The van der Waals surface area contributed by atoms with Gasteiger partial charge >= 0.3 is 0 Å². The van der Waals surface area contributed by atoms with Gasteiger partial charge in [0.1, 0.15) is 0 Å². The molecule has 4 heteroatoms. The lowest BCUT2D eigenvalue weighted by atomic mass is 9.93. The Kier molecular flexibility index (Phi) is 4.15. The van der Waals surface area contributed by atoms with Crippen molar-refractivity contribution in [3.63, 3.8) is 0 Å². The standard InChI is InChI=1S/C16H20N2OS/c1-11-10-20-16(18-11)9-13(17)8-15-14-5-3-2-4-12(14)6-7-19-15/h2-5,10,13,15H,6-9,17H2,1H3. The van der Waals surface area contributed by atoms with Crippen molar-refractivity contribution in [2.45, 2.75) is 38.3 Å². The number of aryl methyl sites for hydroxylation is 1. The lowest BCUT2D eigenvalue weighted by molar-refractivity contribution is 0.0321. The SMILES string of the molecule is Cc1csc(CC(N)CC2OCCc3ccccc32)n1. The molecule has 1 aliphatic heterocycles. The van der Waals surface area contributed by atoms with Crippen molar-refractivity contribution < 1.29 is 4.74 Å². The zero-order valence-corrected chi connectivity index (χ0v) is 12.5. The summed E-state index contributed by atoms with van der Waals surface area (Å²) in [6.45, 7) is 2.82. The minimum atomic E-state index is 0.0942. The molecule has 1 aromatic heterocycles. The maximum atomic E-state index is 6.29. The molecule has 106 valence electrons. The molecule has 20 heavy (non-hydrogen) atoms. The Morgan fingerprint density at radius 2 is 2.30 bits per heavy atom. The molecule has 2 aromatic rings. The molecule has 0 aliphatic carbocycles. The molecule has 0 bridgehead atoms. The molecule has 0 saturated carbocycles. The zero-order chi connectivity index (χ0) is 13.9. The molecule has 0 saturated heterocycles. The van der Waals surface area contributed by atoms with Crippen molar-refractivity contribution in [1.82, 2.24) is 4.98 Å². The molecule has 0 spiro atoms. The highest BCUT2D eigenvalue weighted by molar-refractivity contribution is 7.09. The van der Waals surface area contributed by atoms with Crippen molar-refractivity contribution in [3.05, 3.63) is 51.5 Å². The van der Waals surface area contributed by atoms with Crippen LogP contribution in [0.3, 0.4) is 0 Å². The lowest BCUT2D eigenvalue weighted by Crippen LogP contribution is -2.28. The van der Waals surface area contributed by atoms with E-state index in [1.165, 1.54) is 11.1 Å². The summed E-state index contributed by atoms with van der Waals surface area (Å²) in [7, 11) is 0. The Bertz CT molecular complexity index is 581. The number of nitrogens with zero attached hydrogens (tertiary/aromatic N) is 1. The van der Waals surface area contributed by atoms with Gasteiger partial charge < -0.3 is 10.5 Å². The summed E-state index contributed by atoms with van der Waals surface area (Å²) in [6, 6.07) is 8.63. The number of ether oxygens (including phenoxy) is 1. The largest absolute Gasteiger partial charge is 0.373 e. The smallest absolute Gasteiger partial charge is 0.0943 e. The summed E-state index contributed by atoms with van der Waals surface area (Å²) in [6.07, 6.45) is 2.83. The average molecular weight is 288 g/mol. The first-order valence-electron chi connectivity index (χ1n) is 7.08. The van der Waals surface area contributed by atoms with Crippen LogP contribution >= 0.6 is 11.3 Å². The molecule has 2 N–H and O–H groups in total. The molecule has 0 radical (unpaired) electrons. The van der Waals surface area contributed by atoms with Crippen molar-refractivity contribution in [2.75, 3.05) is 6.61 Å². The highest BCUT2D eigenvalue weighted by atomic mass is 32.1. The van der Waals surface area contributed by atoms with Crippen LogP contribution in [0.2, 0.25) is 0 Å². The number of nitrogens with two attached hydrogens (primary N) is 1. The third-order valence-corrected chi connectivity index (χ3v) is 4.70. The number of hydrogen-bond donors (Lipinski definition) is 1. The van der Waals surface area contributed by atoms with E-state index in [4.69, 9.17) is 10.5 Å². The van der Waals surface area contributed by atoms with Crippen molar-refractivity contribution >= 4 is 11.3 Å². The number of rotatable bonds is 4. The van der Waals surface area contributed by atoms with Crippen LogP contribution in [-0.2, 0) is 17.6 Å². The average Bonchev–Trinajstić information content (AvgIpc) is 2.84. The van der Waals surface area contributed by atoms with E-state index >= 15 is 0 Å². The third kappa shape index (κ3) is 3.08. The quantitative estimate of drug-likeness (QED) is 0.940. The first-order valence-corrected chi connectivity index (χ1v) is 7.96. The van der Waals surface area contributed by atoms with Gasteiger partial charge in [0.05, 0.1) is 17.7 Å². The molecule has 2 heterocycles. The van der Waals surface area contributed by atoms with Crippen LogP contribution in [0.1, 0.15) is 34.4 Å². The molecular formula is C16H20N2OS. The van der Waals surface area contributed by atoms with Gasteiger partial charge in [0.15, 0.2) is 0 Å². The number of thiazole rings is 1. The summed E-state index contributed by atoms with van der Waals surface area (Å²) in [5, 5.41) is 3.20. The van der Waals surface area contributed by atoms with Crippen molar-refractivity contribution in [3.8, 4) is 0 Å². The lowest BCUT2D eigenvalue weighted by Gasteiger charge is -2.28. The number of fused-ring (bicyclic) bond motifs is 1. The first kappa shape index (κ1) is 13.7. The molecule has 0 amide bonds. The van der Waals surface area contributed by atoms with Crippen LogP contribution in [0.25, 0.3) is 0 Å². The fourth-order valence-corrected chi connectivity index (χ4v) is 3.62. The summed E-state index contributed by atoms with van der Waals surface area (Å²) in [5.41, 5.74) is 10.1. The normalized spacial score (nSPS) is 19.6. The molecular weight excluding hydrogens is 268 g/mol. The topological polar surface area (TPSA) is 48.1 Å². The van der Waals surface area contributed by atoms with E-state index in [-0.39, 0.29) is 12.1 Å². The zero-order valence-electron chi connectivity index (χ0n) is 11.7. The van der Waals surface area contributed by atoms with E-state index in [0.717, 1.165) is 36.6 Å². The van der Waals surface area contributed by atoms with E-state index in [9.17, 15) is 0 Å². The van der Waals surface area contributed by atoms with Gasteiger partial charge in [-0.25, -0.2) is 4.98 Å². The molecule has 3 nitrogen and oxygen atoms in total. The predicted octanol–water partition coefficient (Wildman–Crippen LogP) is 3.03. The highest BCUT2D eigenvalue weighted by Crippen LogP contribution is 2.30. The second-order valence-corrected chi connectivity index (χ2v) is 6.33. The van der Waals surface area contributed by atoms with Crippen molar-refractivity contribution in [2.24, 2.45) is 5.73 Å². The van der Waals surface area contributed by atoms with Gasteiger partial charge in [0.25, 0.3) is 0 Å². The second kappa shape index (κ2) is 6.04.